The second-order valence-electron chi connectivity index (χ2n) is 4.69. The van der Waals surface area contributed by atoms with E-state index in [4.69, 9.17) is 4.74 Å². The van der Waals surface area contributed by atoms with E-state index in [-0.39, 0.29) is 18.3 Å². The minimum Gasteiger partial charge on any atom is -0.466 e. The molecule has 0 fully saturated rings. The summed E-state index contributed by atoms with van der Waals surface area (Å²) in [5, 5.41) is 2.86. The molecule has 5 nitrogen and oxygen atoms in total. The number of esters is 1. The minimum atomic E-state index is -0.437. The molecule has 1 N–H and O–H groups in total. The Morgan fingerprint density at radius 1 is 1.18 bits per heavy atom. The molecule has 22 heavy (non-hydrogen) atoms. The van der Waals surface area contributed by atoms with Crippen LogP contribution in [-0.2, 0) is 9.53 Å². The first-order valence-corrected chi connectivity index (χ1v) is 7.12. The highest BCUT2D eigenvalue weighted by molar-refractivity contribution is 5.94. The van der Waals surface area contributed by atoms with E-state index in [0.717, 1.165) is 5.56 Å². The van der Waals surface area contributed by atoms with E-state index in [1.54, 1.807) is 25.3 Å². The van der Waals surface area contributed by atoms with Crippen molar-refractivity contribution in [2.45, 2.75) is 19.4 Å². The first-order valence-electron chi connectivity index (χ1n) is 7.12. The molecule has 0 spiro atoms. The van der Waals surface area contributed by atoms with Crippen LogP contribution in [0.5, 0.6) is 0 Å². The molecule has 0 aliphatic heterocycles. The Kier molecular flexibility index (Phi) is 5.65. The molecule has 2 aromatic rings. The van der Waals surface area contributed by atoms with E-state index in [0.29, 0.717) is 12.2 Å². The predicted octanol–water partition coefficient (Wildman–Crippen LogP) is 2.51. The second-order valence-corrected chi connectivity index (χ2v) is 4.69. The lowest BCUT2D eigenvalue weighted by molar-refractivity contribution is -0.143. The summed E-state index contributed by atoms with van der Waals surface area (Å²) in [5.74, 6) is -0.617. The van der Waals surface area contributed by atoms with Gasteiger partial charge >= 0.3 is 5.97 Å². The topological polar surface area (TPSA) is 68.3 Å². The maximum Gasteiger partial charge on any atom is 0.308 e. The molecule has 1 aromatic heterocycles. The van der Waals surface area contributed by atoms with Crippen molar-refractivity contribution in [1.29, 1.82) is 0 Å². The molecule has 114 valence electrons. The van der Waals surface area contributed by atoms with Crippen LogP contribution in [0, 0.1) is 0 Å². The van der Waals surface area contributed by atoms with Gasteiger partial charge in [-0.15, -0.1) is 0 Å². The summed E-state index contributed by atoms with van der Waals surface area (Å²) in [6.45, 7) is 2.07. The number of nitrogens with one attached hydrogen (secondary N) is 1. The summed E-state index contributed by atoms with van der Waals surface area (Å²) in [7, 11) is 0. The van der Waals surface area contributed by atoms with Crippen LogP contribution in [0.4, 0.5) is 0 Å². The Morgan fingerprint density at radius 2 is 1.95 bits per heavy atom. The molecule has 0 aliphatic carbocycles. The van der Waals surface area contributed by atoms with E-state index in [9.17, 15) is 9.59 Å². The maximum absolute atomic E-state index is 12.3. The lowest BCUT2D eigenvalue weighted by atomic mass is 10.0. The molecule has 5 heteroatoms. The van der Waals surface area contributed by atoms with Crippen LogP contribution in [0.3, 0.4) is 0 Å². The summed E-state index contributed by atoms with van der Waals surface area (Å²) in [6, 6.07) is 12.3. The third-order valence-electron chi connectivity index (χ3n) is 3.11. The highest BCUT2D eigenvalue weighted by Crippen LogP contribution is 2.18. The molecule has 1 heterocycles. The molecule has 0 saturated carbocycles. The highest BCUT2D eigenvalue weighted by Gasteiger charge is 2.19. The summed E-state index contributed by atoms with van der Waals surface area (Å²) < 4.78 is 4.98. The Hall–Kier alpha value is -2.69. The molecule has 1 unspecified atom stereocenters. The summed E-state index contributed by atoms with van der Waals surface area (Å²) in [6.07, 6.45) is 3.18. The van der Waals surface area contributed by atoms with Crippen molar-refractivity contribution in [3.63, 3.8) is 0 Å². The molecule has 1 aromatic carbocycles. The van der Waals surface area contributed by atoms with Gasteiger partial charge in [-0.3, -0.25) is 14.6 Å². The van der Waals surface area contributed by atoms with Crippen molar-refractivity contribution in [2.75, 3.05) is 6.61 Å². The molecule has 1 amide bonds. The average molecular weight is 298 g/mol. The molecule has 0 saturated heterocycles. The van der Waals surface area contributed by atoms with Gasteiger partial charge in [0.2, 0.25) is 0 Å². The maximum atomic E-state index is 12.3. The average Bonchev–Trinajstić information content (AvgIpc) is 2.56. The quantitative estimate of drug-likeness (QED) is 0.832. The zero-order valence-corrected chi connectivity index (χ0v) is 12.4. The number of carbonyl (C=O) groups is 2. The van der Waals surface area contributed by atoms with Gasteiger partial charge in [0.15, 0.2) is 0 Å². The van der Waals surface area contributed by atoms with Crippen LogP contribution in [0.1, 0.15) is 35.3 Å². The third kappa shape index (κ3) is 4.41. The Balaban J connectivity index is 2.14. The molecule has 1 atom stereocenters. The monoisotopic (exact) mass is 298 g/mol. The van der Waals surface area contributed by atoms with Crippen molar-refractivity contribution in [3.05, 3.63) is 66.0 Å². The molecular weight excluding hydrogens is 280 g/mol. The van der Waals surface area contributed by atoms with Crippen molar-refractivity contribution in [1.82, 2.24) is 10.3 Å². The Labute approximate surface area is 129 Å². The fraction of sp³-hybridized carbons (Fsp3) is 0.235. The lowest BCUT2D eigenvalue weighted by Gasteiger charge is -2.18. The van der Waals surface area contributed by atoms with Gasteiger partial charge in [0, 0.05) is 12.4 Å². The molecule has 0 aliphatic rings. The predicted molar refractivity (Wildman–Crippen MR) is 82.1 cm³/mol. The number of hydrogen-bond donors (Lipinski definition) is 1. The van der Waals surface area contributed by atoms with Crippen LogP contribution < -0.4 is 5.32 Å². The summed E-state index contributed by atoms with van der Waals surface area (Å²) in [5.41, 5.74) is 1.31. The number of ether oxygens (including phenoxy) is 1. The van der Waals surface area contributed by atoms with Gasteiger partial charge in [-0.2, -0.15) is 0 Å². The van der Waals surface area contributed by atoms with Crippen molar-refractivity contribution in [3.8, 4) is 0 Å². The van der Waals surface area contributed by atoms with Gasteiger partial charge in [-0.1, -0.05) is 30.3 Å². The standard InChI is InChI=1S/C17H18N2O3/c1-2-22-16(20)11-15(13-7-4-3-5-8-13)19-17(21)14-9-6-10-18-12-14/h3-10,12,15H,2,11H2,1H3,(H,19,21). The molecule has 0 bridgehead atoms. The van der Waals surface area contributed by atoms with Gasteiger partial charge in [0.25, 0.3) is 5.91 Å². The van der Waals surface area contributed by atoms with Gasteiger partial charge in [0.1, 0.15) is 0 Å². The fourth-order valence-corrected chi connectivity index (χ4v) is 2.06. The van der Waals surface area contributed by atoms with Gasteiger partial charge < -0.3 is 10.1 Å². The highest BCUT2D eigenvalue weighted by atomic mass is 16.5. The first kappa shape index (κ1) is 15.7. The van der Waals surface area contributed by atoms with Crippen LogP contribution >= 0.6 is 0 Å². The number of pyridine rings is 1. The SMILES string of the molecule is CCOC(=O)CC(NC(=O)c1cccnc1)c1ccccc1. The summed E-state index contributed by atoms with van der Waals surface area (Å²) in [4.78, 5) is 27.9. The minimum absolute atomic E-state index is 0.0872. The molecular formula is C17H18N2O3. The number of benzene rings is 1. The van der Waals surface area contributed by atoms with E-state index in [1.165, 1.54) is 6.20 Å². The first-order chi connectivity index (χ1) is 10.7. The molecule has 0 radical (unpaired) electrons. The third-order valence-corrected chi connectivity index (χ3v) is 3.11. The van der Waals surface area contributed by atoms with Crippen LogP contribution in [0.25, 0.3) is 0 Å². The number of hydrogen-bond acceptors (Lipinski definition) is 4. The summed E-state index contributed by atoms with van der Waals surface area (Å²) >= 11 is 0. The zero-order valence-electron chi connectivity index (χ0n) is 12.4. The van der Waals surface area contributed by atoms with Gasteiger partial charge in [-0.05, 0) is 24.6 Å². The Bertz CT molecular complexity index is 614. The number of amides is 1. The van der Waals surface area contributed by atoms with Crippen LogP contribution in [0.2, 0.25) is 0 Å². The van der Waals surface area contributed by atoms with Crippen LogP contribution in [0.15, 0.2) is 54.9 Å². The smallest absolute Gasteiger partial charge is 0.308 e. The lowest BCUT2D eigenvalue weighted by Crippen LogP contribution is -2.30. The fourth-order valence-electron chi connectivity index (χ4n) is 2.06. The van der Waals surface area contributed by atoms with E-state index in [1.807, 2.05) is 30.3 Å². The van der Waals surface area contributed by atoms with Crippen molar-refractivity contribution >= 4 is 11.9 Å². The van der Waals surface area contributed by atoms with Crippen molar-refractivity contribution < 1.29 is 14.3 Å². The number of carbonyl (C=O) groups excluding carboxylic acids is 2. The van der Waals surface area contributed by atoms with E-state index in [2.05, 4.69) is 10.3 Å². The van der Waals surface area contributed by atoms with E-state index >= 15 is 0 Å². The number of nitrogens with zero attached hydrogens (tertiary/aromatic N) is 1. The zero-order chi connectivity index (χ0) is 15.8. The van der Waals surface area contributed by atoms with Gasteiger partial charge in [-0.25, -0.2) is 0 Å². The molecule has 2 rings (SSSR count). The van der Waals surface area contributed by atoms with Crippen molar-refractivity contribution in [2.24, 2.45) is 0 Å². The Morgan fingerprint density at radius 3 is 2.59 bits per heavy atom. The second kappa shape index (κ2) is 7.93. The van der Waals surface area contributed by atoms with Crippen LogP contribution in [-0.4, -0.2) is 23.5 Å². The number of rotatable bonds is 6. The normalized spacial score (nSPS) is 11.5. The van der Waals surface area contributed by atoms with E-state index < -0.39 is 6.04 Å². The van der Waals surface area contributed by atoms with Gasteiger partial charge in [0.05, 0.1) is 24.6 Å². The largest absolute Gasteiger partial charge is 0.466 e. The number of aromatic nitrogens is 1.